The van der Waals surface area contributed by atoms with Crippen molar-refractivity contribution in [3.63, 3.8) is 0 Å². The van der Waals surface area contributed by atoms with E-state index >= 15 is 0 Å². The summed E-state index contributed by atoms with van der Waals surface area (Å²) in [6, 6.07) is 21.7. The van der Waals surface area contributed by atoms with E-state index in [1.54, 1.807) is 10.7 Å². The number of rotatable bonds is 7. The second-order valence-electron chi connectivity index (χ2n) is 6.56. The second-order valence-corrected chi connectivity index (χ2v) is 7.35. The van der Waals surface area contributed by atoms with E-state index < -0.39 is 0 Å². The lowest BCUT2D eigenvalue weighted by Crippen LogP contribution is -2.16. The molecule has 0 saturated heterocycles. The monoisotopic (exact) mass is 440 g/mol. The molecule has 0 bridgehead atoms. The number of aromatic nitrogens is 3. The Kier molecular flexibility index (Phi) is 6.11. The smallest absolute Gasteiger partial charge is 0.214 e. The zero-order chi connectivity index (χ0) is 20.9. The number of aromatic amines is 1. The summed E-state index contributed by atoms with van der Waals surface area (Å²) >= 11 is 11.4. The van der Waals surface area contributed by atoms with Crippen LogP contribution in [0.4, 0.5) is 4.39 Å². The Morgan fingerprint density at radius 1 is 1.07 bits per heavy atom. The maximum Gasteiger partial charge on any atom is 0.214 e. The SMILES string of the molecule is Fc1ccc(COc2cccc(CNn3c(-c4ccccc4)n[nH]c3=S)c2)c(Cl)c1. The fraction of sp³-hybridized carbons (Fsp3) is 0.0909. The van der Waals surface area contributed by atoms with Crippen LogP contribution in [-0.4, -0.2) is 14.9 Å². The number of benzene rings is 3. The van der Waals surface area contributed by atoms with Crippen molar-refractivity contribution in [2.75, 3.05) is 5.43 Å². The van der Waals surface area contributed by atoms with E-state index in [1.165, 1.54) is 12.1 Å². The third-order valence-corrected chi connectivity index (χ3v) is 5.08. The summed E-state index contributed by atoms with van der Waals surface area (Å²) in [4.78, 5) is 0. The molecule has 2 N–H and O–H groups in total. The first kappa shape index (κ1) is 20.1. The average Bonchev–Trinajstić information content (AvgIpc) is 3.13. The number of ether oxygens (including phenoxy) is 1. The molecule has 0 fully saturated rings. The molecule has 4 aromatic rings. The van der Waals surface area contributed by atoms with Crippen molar-refractivity contribution < 1.29 is 9.13 Å². The van der Waals surface area contributed by atoms with Crippen LogP contribution in [0.15, 0.2) is 72.8 Å². The largest absolute Gasteiger partial charge is 0.489 e. The Balaban J connectivity index is 1.44. The average molecular weight is 441 g/mol. The quantitative estimate of drug-likeness (QED) is 0.361. The Bertz CT molecular complexity index is 1210. The predicted octanol–water partition coefficient (Wildman–Crippen LogP) is 5.72. The molecule has 4 rings (SSSR count). The molecular weight excluding hydrogens is 423 g/mol. The van der Waals surface area contributed by atoms with E-state index in [2.05, 4.69) is 15.6 Å². The van der Waals surface area contributed by atoms with Crippen molar-refractivity contribution in [2.45, 2.75) is 13.2 Å². The highest BCUT2D eigenvalue weighted by Crippen LogP contribution is 2.21. The van der Waals surface area contributed by atoms with E-state index in [9.17, 15) is 4.39 Å². The molecule has 0 saturated carbocycles. The van der Waals surface area contributed by atoms with Gasteiger partial charge in [-0.3, -0.25) is 0 Å². The minimum Gasteiger partial charge on any atom is -0.489 e. The molecule has 0 radical (unpaired) electrons. The highest BCUT2D eigenvalue weighted by molar-refractivity contribution is 7.71. The summed E-state index contributed by atoms with van der Waals surface area (Å²) < 4.78 is 21.2. The maximum absolute atomic E-state index is 13.2. The highest BCUT2D eigenvalue weighted by Gasteiger charge is 2.09. The number of H-pyrrole nitrogens is 1. The lowest BCUT2D eigenvalue weighted by atomic mass is 10.2. The molecule has 1 heterocycles. The molecule has 0 aliphatic heterocycles. The molecule has 3 aromatic carbocycles. The number of hydrogen-bond acceptors (Lipinski definition) is 4. The molecular formula is C22H18ClFN4OS. The van der Waals surface area contributed by atoms with Crippen molar-refractivity contribution in [3.8, 4) is 17.1 Å². The molecule has 0 atom stereocenters. The van der Waals surface area contributed by atoms with Gasteiger partial charge in [-0.15, -0.1) is 0 Å². The van der Waals surface area contributed by atoms with Crippen molar-refractivity contribution in [3.05, 3.63) is 99.5 Å². The molecule has 0 amide bonds. The minimum atomic E-state index is -0.371. The van der Waals surface area contributed by atoms with Gasteiger partial charge < -0.3 is 10.2 Å². The lowest BCUT2D eigenvalue weighted by Gasteiger charge is -2.12. The number of hydrogen-bond donors (Lipinski definition) is 2. The summed E-state index contributed by atoms with van der Waals surface area (Å²) in [6.45, 7) is 0.767. The maximum atomic E-state index is 13.2. The van der Waals surface area contributed by atoms with E-state index in [-0.39, 0.29) is 12.4 Å². The number of nitrogens with zero attached hydrogens (tertiary/aromatic N) is 2. The van der Waals surface area contributed by atoms with Crippen molar-refractivity contribution in [2.24, 2.45) is 0 Å². The Morgan fingerprint density at radius 2 is 1.90 bits per heavy atom. The van der Waals surface area contributed by atoms with Crippen LogP contribution in [0.3, 0.4) is 0 Å². The molecule has 30 heavy (non-hydrogen) atoms. The van der Waals surface area contributed by atoms with Crippen LogP contribution in [0, 0.1) is 10.6 Å². The Morgan fingerprint density at radius 3 is 2.70 bits per heavy atom. The van der Waals surface area contributed by atoms with Gasteiger partial charge in [0.15, 0.2) is 5.82 Å². The van der Waals surface area contributed by atoms with Gasteiger partial charge in [-0.05, 0) is 42.0 Å². The topological polar surface area (TPSA) is 54.9 Å². The first-order chi connectivity index (χ1) is 14.6. The number of nitrogens with one attached hydrogen (secondary N) is 2. The molecule has 0 spiro atoms. The summed E-state index contributed by atoms with van der Waals surface area (Å²) in [6.07, 6.45) is 0. The molecule has 8 heteroatoms. The van der Waals surface area contributed by atoms with Crippen LogP contribution in [-0.2, 0) is 13.2 Å². The van der Waals surface area contributed by atoms with Gasteiger partial charge in [0.05, 0.1) is 11.6 Å². The molecule has 1 aromatic heterocycles. The third-order valence-electron chi connectivity index (χ3n) is 4.45. The van der Waals surface area contributed by atoms with Crippen molar-refractivity contribution in [1.29, 1.82) is 0 Å². The summed E-state index contributed by atoms with van der Waals surface area (Å²) in [5, 5.41) is 7.48. The fourth-order valence-corrected chi connectivity index (χ4v) is 3.36. The Labute approximate surface area is 183 Å². The van der Waals surface area contributed by atoms with Gasteiger partial charge in [0, 0.05) is 11.1 Å². The lowest BCUT2D eigenvalue weighted by molar-refractivity contribution is 0.306. The van der Waals surface area contributed by atoms with Crippen LogP contribution < -0.4 is 10.2 Å². The minimum absolute atomic E-state index is 0.251. The Hall–Kier alpha value is -3.16. The third kappa shape index (κ3) is 4.69. The molecule has 0 aliphatic rings. The van der Waals surface area contributed by atoms with Crippen molar-refractivity contribution in [1.82, 2.24) is 14.9 Å². The van der Waals surface area contributed by atoms with Crippen molar-refractivity contribution >= 4 is 23.8 Å². The highest BCUT2D eigenvalue weighted by atomic mass is 35.5. The van der Waals surface area contributed by atoms with E-state index in [0.717, 1.165) is 16.7 Å². The van der Waals surface area contributed by atoms with Gasteiger partial charge >= 0.3 is 0 Å². The standard InChI is InChI=1S/C22H18ClFN4OS/c23-20-12-18(24)10-9-17(20)14-29-19-8-4-5-15(11-19)13-25-28-21(26-27-22(28)30)16-6-2-1-3-7-16/h1-12,25H,13-14H2,(H,27,30). The van der Waals surface area contributed by atoms with Crippen LogP contribution in [0.2, 0.25) is 5.02 Å². The van der Waals surface area contributed by atoms with E-state index in [4.69, 9.17) is 28.6 Å². The predicted molar refractivity (Wildman–Crippen MR) is 118 cm³/mol. The van der Waals surface area contributed by atoms with Gasteiger partial charge in [-0.25, -0.2) is 14.2 Å². The molecule has 0 unspecified atom stereocenters. The summed E-state index contributed by atoms with van der Waals surface area (Å²) in [5.41, 5.74) is 5.96. The zero-order valence-electron chi connectivity index (χ0n) is 15.8. The van der Waals surface area contributed by atoms with Gasteiger partial charge in [0.25, 0.3) is 0 Å². The normalized spacial score (nSPS) is 10.7. The second kappa shape index (κ2) is 9.11. The van der Waals surface area contributed by atoms with Crippen LogP contribution in [0.5, 0.6) is 5.75 Å². The van der Waals surface area contributed by atoms with Gasteiger partial charge in [-0.1, -0.05) is 60.1 Å². The zero-order valence-corrected chi connectivity index (χ0v) is 17.4. The molecule has 152 valence electrons. The summed E-state index contributed by atoms with van der Waals surface area (Å²) in [7, 11) is 0. The fourth-order valence-electron chi connectivity index (χ4n) is 2.94. The van der Waals surface area contributed by atoms with Crippen LogP contribution in [0.25, 0.3) is 11.4 Å². The molecule has 5 nitrogen and oxygen atoms in total. The number of halogens is 2. The van der Waals surface area contributed by atoms with E-state index in [1.807, 2.05) is 54.6 Å². The van der Waals surface area contributed by atoms with Gasteiger partial charge in [0.1, 0.15) is 18.2 Å². The van der Waals surface area contributed by atoms with Crippen LogP contribution >= 0.6 is 23.8 Å². The van der Waals surface area contributed by atoms with Crippen LogP contribution in [0.1, 0.15) is 11.1 Å². The summed E-state index contributed by atoms with van der Waals surface area (Å²) in [5.74, 6) is 1.03. The molecule has 0 aliphatic carbocycles. The first-order valence-corrected chi connectivity index (χ1v) is 10.0. The van der Waals surface area contributed by atoms with Gasteiger partial charge in [-0.2, -0.15) is 5.10 Å². The van der Waals surface area contributed by atoms with Gasteiger partial charge in [0.2, 0.25) is 4.77 Å². The van der Waals surface area contributed by atoms with E-state index in [0.29, 0.717) is 27.9 Å². The first-order valence-electron chi connectivity index (χ1n) is 9.22.